The minimum atomic E-state index is -0.394. The van der Waals surface area contributed by atoms with Crippen molar-refractivity contribution in [2.45, 2.75) is 44.5 Å². The molecule has 2 atom stereocenters. The summed E-state index contributed by atoms with van der Waals surface area (Å²) in [5.74, 6) is 0.327. The molecule has 0 unspecified atom stereocenters. The third-order valence-corrected chi connectivity index (χ3v) is 6.98. The van der Waals surface area contributed by atoms with Crippen LogP contribution in [0, 0.1) is 0 Å². The van der Waals surface area contributed by atoms with Crippen molar-refractivity contribution in [1.29, 1.82) is 0 Å². The summed E-state index contributed by atoms with van der Waals surface area (Å²) in [4.78, 5) is 28.2. The fourth-order valence-corrected chi connectivity index (χ4v) is 5.29. The number of nitrogens with one attached hydrogen (secondary N) is 1. The van der Waals surface area contributed by atoms with Gasteiger partial charge in [0.25, 0.3) is 0 Å². The van der Waals surface area contributed by atoms with E-state index in [9.17, 15) is 9.59 Å². The normalized spacial score (nSPS) is 18.6. The Hall–Kier alpha value is -4.06. The Balaban J connectivity index is 1.43. The average molecular weight is 483 g/mol. The van der Waals surface area contributed by atoms with E-state index in [1.165, 1.54) is 7.11 Å². The molecule has 6 heteroatoms. The quantitative estimate of drug-likeness (QED) is 0.462. The molecular weight excluding hydrogens is 452 g/mol. The molecule has 1 saturated heterocycles. The molecule has 3 aromatic carbocycles. The molecule has 0 radical (unpaired) electrons. The first-order chi connectivity index (χ1) is 17.7. The number of benzene rings is 3. The van der Waals surface area contributed by atoms with Crippen molar-refractivity contribution in [3.63, 3.8) is 0 Å². The molecule has 2 bridgehead atoms. The van der Waals surface area contributed by atoms with Gasteiger partial charge in [-0.25, -0.2) is 9.59 Å². The number of hydrogen-bond acceptors (Lipinski definition) is 4. The first-order valence-electron chi connectivity index (χ1n) is 12.3. The summed E-state index contributed by atoms with van der Waals surface area (Å²) in [5.41, 5.74) is 4.45. The minimum absolute atomic E-state index is 0.0105. The predicted octanol–water partition coefficient (Wildman–Crippen LogP) is 5.34. The van der Waals surface area contributed by atoms with Crippen LogP contribution in [0.5, 0.6) is 5.75 Å². The molecule has 0 aromatic heterocycles. The molecule has 2 amide bonds. The van der Waals surface area contributed by atoms with E-state index < -0.39 is 5.97 Å². The highest BCUT2D eigenvalue weighted by Gasteiger charge is 2.47. The molecule has 36 heavy (non-hydrogen) atoms. The summed E-state index contributed by atoms with van der Waals surface area (Å²) >= 11 is 0. The molecule has 5 rings (SSSR count). The molecule has 184 valence electrons. The molecule has 6 nitrogen and oxygen atoms in total. The van der Waals surface area contributed by atoms with E-state index in [2.05, 4.69) is 5.32 Å². The Kier molecular flexibility index (Phi) is 7.03. The maximum Gasteiger partial charge on any atom is 0.336 e. The van der Waals surface area contributed by atoms with Gasteiger partial charge in [0.05, 0.1) is 18.7 Å². The lowest BCUT2D eigenvalue weighted by Gasteiger charge is -2.37. The SMILES string of the molecule is COC(=O)C1=C(c2ccccc2OCc2ccccc2)C[C@@H]2CC[C@H]1N2C(=O)NCc1ccccc1. The molecule has 1 fully saturated rings. The lowest BCUT2D eigenvalue weighted by atomic mass is 9.88. The lowest BCUT2D eigenvalue weighted by Crippen LogP contribution is -2.50. The third-order valence-electron chi connectivity index (χ3n) is 6.98. The number of methoxy groups -OCH3 is 1. The van der Waals surface area contributed by atoms with Crippen molar-refractivity contribution in [1.82, 2.24) is 10.2 Å². The van der Waals surface area contributed by atoms with Crippen LogP contribution in [-0.4, -0.2) is 36.1 Å². The van der Waals surface area contributed by atoms with E-state index in [1.807, 2.05) is 89.8 Å². The number of nitrogens with zero attached hydrogens (tertiary/aromatic N) is 1. The van der Waals surface area contributed by atoms with E-state index in [-0.39, 0.29) is 18.1 Å². The first-order valence-corrected chi connectivity index (χ1v) is 12.3. The number of fused-ring (bicyclic) bond motifs is 2. The van der Waals surface area contributed by atoms with E-state index in [4.69, 9.17) is 9.47 Å². The second-order valence-corrected chi connectivity index (χ2v) is 9.16. The molecule has 0 aliphatic carbocycles. The van der Waals surface area contributed by atoms with Gasteiger partial charge in [-0.05, 0) is 42.0 Å². The summed E-state index contributed by atoms with van der Waals surface area (Å²) in [6, 6.07) is 27.1. The van der Waals surface area contributed by atoms with Crippen molar-refractivity contribution in [3.8, 4) is 5.75 Å². The van der Waals surface area contributed by atoms with Gasteiger partial charge in [0.1, 0.15) is 12.4 Å². The van der Waals surface area contributed by atoms with Gasteiger partial charge < -0.3 is 19.7 Å². The van der Waals surface area contributed by atoms with E-state index in [0.717, 1.165) is 40.9 Å². The Morgan fingerprint density at radius 2 is 1.56 bits per heavy atom. The van der Waals surface area contributed by atoms with Crippen LogP contribution in [0.2, 0.25) is 0 Å². The molecular formula is C30H30N2O4. The Bertz CT molecular complexity index is 1260. The zero-order chi connectivity index (χ0) is 24.9. The second-order valence-electron chi connectivity index (χ2n) is 9.16. The van der Waals surface area contributed by atoms with Crippen molar-refractivity contribution in [2.24, 2.45) is 0 Å². The minimum Gasteiger partial charge on any atom is -0.488 e. The van der Waals surface area contributed by atoms with Crippen LogP contribution in [-0.2, 0) is 22.7 Å². The summed E-state index contributed by atoms with van der Waals surface area (Å²) in [7, 11) is 1.39. The van der Waals surface area contributed by atoms with Crippen molar-refractivity contribution in [3.05, 3.63) is 107 Å². The van der Waals surface area contributed by atoms with E-state index in [0.29, 0.717) is 25.1 Å². The highest BCUT2D eigenvalue weighted by atomic mass is 16.5. The molecule has 2 heterocycles. The predicted molar refractivity (Wildman–Crippen MR) is 138 cm³/mol. The third kappa shape index (κ3) is 4.85. The van der Waals surface area contributed by atoms with Crippen LogP contribution >= 0.6 is 0 Å². The number of carbonyl (C=O) groups excluding carboxylic acids is 2. The summed E-state index contributed by atoms with van der Waals surface area (Å²) in [6.07, 6.45) is 2.14. The maximum atomic E-state index is 13.3. The second kappa shape index (κ2) is 10.7. The van der Waals surface area contributed by atoms with Crippen molar-refractivity contribution in [2.75, 3.05) is 7.11 Å². The fraction of sp³-hybridized carbons (Fsp3) is 0.267. The first kappa shape index (κ1) is 23.7. The van der Waals surface area contributed by atoms with Gasteiger partial charge in [-0.2, -0.15) is 0 Å². The monoisotopic (exact) mass is 482 g/mol. The van der Waals surface area contributed by atoms with Crippen LogP contribution in [0.1, 0.15) is 36.0 Å². The summed E-state index contributed by atoms with van der Waals surface area (Å²) in [6.45, 7) is 0.871. The zero-order valence-electron chi connectivity index (χ0n) is 20.4. The fourth-order valence-electron chi connectivity index (χ4n) is 5.29. The van der Waals surface area contributed by atoms with E-state index >= 15 is 0 Å². The number of hydrogen-bond donors (Lipinski definition) is 1. The number of para-hydroxylation sites is 1. The molecule has 3 aromatic rings. The van der Waals surface area contributed by atoms with Crippen LogP contribution in [0.4, 0.5) is 4.79 Å². The van der Waals surface area contributed by atoms with Crippen LogP contribution in [0.3, 0.4) is 0 Å². The smallest absolute Gasteiger partial charge is 0.336 e. The largest absolute Gasteiger partial charge is 0.488 e. The van der Waals surface area contributed by atoms with Gasteiger partial charge in [0.15, 0.2) is 0 Å². The van der Waals surface area contributed by atoms with Crippen molar-refractivity contribution < 1.29 is 19.1 Å². The highest BCUT2D eigenvalue weighted by molar-refractivity contribution is 6.01. The Labute approximate surface area is 211 Å². The number of esters is 1. The summed E-state index contributed by atoms with van der Waals surface area (Å²) < 4.78 is 11.4. The number of ether oxygens (including phenoxy) is 2. The Morgan fingerprint density at radius 1 is 0.889 bits per heavy atom. The van der Waals surface area contributed by atoms with Crippen molar-refractivity contribution >= 4 is 17.6 Å². The molecule has 0 saturated carbocycles. The number of carbonyl (C=O) groups is 2. The van der Waals surface area contributed by atoms with Gasteiger partial charge in [-0.1, -0.05) is 78.9 Å². The molecule has 2 aliphatic heterocycles. The number of urea groups is 1. The topological polar surface area (TPSA) is 67.9 Å². The zero-order valence-corrected chi connectivity index (χ0v) is 20.4. The Morgan fingerprint density at radius 3 is 2.28 bits per heavy atom. The van der Waals surface area contributed by atoms with Gasteiger partial charge >= 0.3 is 12.0 Å². The van der Waals surface area contributed by atoms with Gasteiger partial charge in [-0.15, -0.1) is 0 Å². The van der Waals surface area contributed by atoms with Crippen LogP contribution in [0.15, 0.2) is 90.5 Å². The van der Waals surface area contributed by atoms with Crippen LogP contribution in [0.25, 0.3) is 5.57 Å². The van der Waals surface area contributed by atoms with Crippen LogP contribution < -0.4 is 10.1 Å². The molecule has 2 aliphatic rings. The maximum absolute atomic E-state index is 13.3. The summed E-state index contributed by atoms with van der Waals surface area (Å²) in [5, 5.41) is 3.04. The van der Waals surface area contributed by atoms with Gasteiger partial charge in [0, 0.05) is 18.2 Å². The molecule has 0 spiro atoms. The number of amides is 2. The highest BCUT2D eigenvalue weighted by Crippen LogP contribution is 2.45. The lowest BCUT2D eigenvalue weighted by molar-refractivity contribution is -0.136. The standard InChI is InChI=1S/C30H30N2O4/c1-35-29(33)28-25(24-14-8-9-15-27(24)36-20-22-12-6-3-7-13-22)18-23-16-17-26(28)32(23)30(34)31-19-21-10-4-2-5-11-21/h2-15,23,26H,16-20H2,1H3,(H,31,34)/t23-,26+/m0/s1. The van der Waals surface area contributed by atoms with E-state index in [1.54, 1.807) is 0 Å². The molecule has 1 N–H and O–H groups in total. The van der Waals surface area contributed by atoms with Gasteiger partial charge in [0.2, 0.25) is 0 Å². The van der Waals surface area contributed by atoms with Gasteiger partial charge in [-0.3, -0.25) is 0 Å². The number of rotatable bonds is 7. The average Bonchev–Trinajstić information content (AvgIpc) is 3.24.